The summed E-state index contributed by atoms with van der Waals surface area (Å²) in [4.78, 5) is 0. The molecule has 0 aliphatic rings. The number of allylic oxidation sites excluding steroid dienone is 6. The second kappa shape index (κ2) is 6.72. The molecule has 0 radical (unpaired) electrons. The molecular formula is C24H22. The Balaban J connectivity index is 2.59. The first kappa shape index (κ1) is 16.0. The SMILES string of the molecule is C=C/C(=C\C=C/C)c1c2ccccc2c(C(=C)C)c2ccccc12. The van der Waals surface area contributed by atoms with Gasteiger partial charge in [0.2, 0.25) is 0 Å². The van der Waals surface area contributed by atoms with Crippen LogP contribution in [-0.4, -0.2) is 0 Å². The minimum absolute atomic E-state index is 1.09. The quantitative estimate of drug-likeness (QED) is 0.354. The van der Waals surface area contributed by atoms with Crippen LogP contribution in [0.1, 0.15) is 25.0 Å². The van der Waals surface area contributed by atoms with Gasteiger partial charge in [-0.3, -0.25) is 0 Å². The number of hydrogen-bond donors (Lipinski definition) is 0. The maximum atomic E-state index is 4.22. The van der Waals surface area contributed by atoms with Crippen molar-refractivity contribution in [2.24, 2.45) is 0 Å². The third kappa shape index (κ3) is 2.61. The van der Waals surface area contributed by atoms with Crippen molar-refractivity contribution < 1.29 is 0 Å². The van der Waals surface area contributed by atoms with E-state index in [2.05, 4.69) is 80.8 Å². The monoisotopic (exact) mass is 310 g/mol. The highest BCUT2D eigenvalue weighted by molar-refractivity contribution is 6.16. The van der Waals surface area contributed by atoms with Crippen LogP contribution in [0.4, 0.5) is 0 Å². The van der Waals surface area contributed by atoms with Crippen LogP contribution in [0.2, 0.25) is 0 Å². The molecule has 24 heavy (non-hydrogen) atoms. The Morgan fingerprint density at radius 2 is 1.29 bits per heavy atom. The van der Waals surface area contributed by atoms with Crippen molar-refractivity contribution in [1.29, 1.82) is 0 Å². The lowest BCUT2D eigenvalue weighted by Gasteiger charge is -2.17. The van der Waals surface area contributed by atoms with Gasteiger partial charge in [0.25, 0.3) is 0 Å². The summed E-state index contributed by atoms with van der Waals surface area (Å²) in [7, 11) is 0. The van der Waals surface area contributed by atoms with E-state index in [4.69, 9.17) is 0 Å². The molecule has 0 spiro atoms. The summed E-state index contributed by atoms with van der Waals surface area (Å²) in [5.41, 5.74) is 4.69. The van der Waals surface area contributed by atoms with Gasteiger partial charge in [0.05, 0.1) is 0 Å². The Morgan fingerprint density at radius 3 is 1.67 bits per heavy atom. The van der Waals surface area contributed by atoms with Gasteiger partial charge in [-0.05, 0) is 57.7 Å². The predicted octanol–water partition coefficient (Wildman–Crippen LogP) is 7.17. The summed E-state index contributed by atoms with van der Waals surface area (Å²) in [6.07, 6.45) is 8.17. The minimum Gasteiger partial charge on any atom is -0.0984 e. The van der Waals surface area contributed by atoms with E-state index in [9.17, 15) is 0 Å². The average Bonchev–Trinajstić information content (AvgIpc) is 2.61. The first-order valence-corrected chi connectivity index (χ1v) is 8.24. The van der Waals surface area contributed by atoms with Gasteiger partial charge in [-0.25, -0.2) is 0 Å². The molecule has 3 aromatic rings. The van der Waals surface area contributed by atoms with Gasteiger partial charge < -0.3 is 0 Å². The molecule has 0 unspecified atom stereocenters. The molecule has 3 rings (SSSR count). The topological polar surface area (TPSA) is 0 Å². The Bertz CT molecular complexity index is 940. The van der Waals surface area contributed by atoms with E-state index >= 15 is 0 Å². The maximum Gasteiger partial charge on any atom is -0.00266 e. The molecule has 0 heterocycles. The lowest BCUT2D eigenvalue weighted by molar-refractivity contribution is 1.65. The normalized spacial score (nSPS) is 12.2. The molecule has 0 aromatic heterocycles. The number of hydrogen-bond acceptors (Lipinski definition) is 0. The maximum absolute atomic E-state index is 4.22. The van der Waals surface area contributed by atoms with Crippen molar-refractivity contribution in [3.05, 3.63) is 97.1 Å². The Hall–Kier alpha value is -2.86. The molecule has 0 fully saturated rings. The molecule has 0 heteroatoms. The van der Waals surface area contributed by atoms with Crippen LogP contribution in [-0.2, 0) is 0 Å². The summed E-state index contributed by atoms with van der Waals surface area (Å²) < 4.78 is 0. The largest absolute Gasteiger partial charge is 0.0984 e. The molecule has 0 nitrogen and oxygen atoms in total. The average molecular weight is 310 g/mol. The van der Waals surface area contributed by atoms with Gasteiger partial charge in [0, 0.05) is 0 Å². The molecule has 0 atom stereocenters. The number of rotatable bonds is 4. The molecule has 0 saturated heterocycles. The van der Waals surface area contributed by atoms with E-state index in [0.29, 0.717) is 0 Å². The zero-order chi connectivity index (χ0) is 17.1. The Labute approximate surface area is 144 Å². The molecule has 118 valence electrons. The second-order valence-corrected chi connectivity index (χ2v) is 5.97. The van der Waals surface area contributed by atoms with E-state index in [1.165, 1.54) is 32.7 Å². The van der Waals surface area contributed by atoms with Gasteiger partial charge in [0.1, 0.15) is 0 Å². The van der Waals surface area contributed by atoms with Crippen LogP contribution in [0.3, 0.4) is 0 Å². The van der Waals surface area contributed by atoms with Crippen LogP contribution < -0.4 is 0 Å². The van der Waals surface area contributed by atoms with Crippen LogP contribution in [0.5, 0.6) is 0 Å². The van der Waals surface area contributed by atoms with Crippen LogP contribution in [0, 0.1) is 0 Å². The summed E-state index contributed by atoms with van der Waals surface area (Å²) >= 11 is 0. The summed E-state index contributed by atoms with van der Waals surface area (Å²) in [6.45, 7) is 12.4. The first-order valence-electron chi connectivity index (χ1n) is 8.24. The number of benzene rings is 3. The molecule has 0 aliphatic carbocycles. The molecular weight excluding hydrogens is 288 g/mol. The van der Waals surface area contributed by atoms with Gasteiger partial charge in [0.15, 0.2) is 0 Å². The van der Waals surface area contributed by atoms with Crippen molar-refractivity contribution >= 4 is 32.7 Å². The number of fused-ring (bicyclic) bond motifs is 2. The standard InChI is InChI=1S/C24H22/c1-5-7-12-18(6-2)24-21-15-10-8-13-19(21)23(17(3)4)20-14-9-11-16-22(20)24/h5-16H,2-3H2,1,4H3/b7-5-,18-12+. The van der Waals surface area contributed by atoms with Crippen molar-refractivity contribution in [3.63, 3.8) is 0 Å². The van der Waals surface area contributed by atoms with Gasteiger partial charge in [-0.1, -0.05) is 86.0 Å². The van der Waals surface area contributed by atoms with Crippen LogP contribution in [0.25, 0.3) is 32.7 Å². The van der Waals surface area contributed by atoms with E-state index in [-0.39, 0.29) is 0 Å². The van der Waals surface area contributed by atoms with Crippen molar-refractivity contribution in [2.75, 3.05) is 0 Å². The fraction of sp³-hybridized carbons (Fsp3) is 0.0833. The molecule has 3 aromatic carbocycles. The molecule has 0 saturated carbocycles. The van der Waals surface area contributed by atoms with Gasteiger partial charge >= 0.3 is 0 Å². The van der Waals surface area contributed by atoms with Crippen LogP contribution in [0.15, 0.2) is 86.0 Å². The summed E-state index contributed by atoms with van der Waals surface area (Å²) in [5.74, 6) is 0. The summed E-state index contributed by atoms with van der Waals surface area (Å²) in [5, 5.41) is 4.97. The minimum atomic E-state index is 1.09. The van der Waals surface area contributed by atoms with Crippen molar-refractivity contribution in [2.45, 2.75) is 13.8 Å². The molecule has 0 aliphatic heterocycles. The third-order valence-electron chi connectivity index (χ3n) is 4.34. The Kier molecular flexibility index (Phi) is 4.48. The highest BCUT2D eigenvalue weighted by Gasteiger charge is 2.15. The second-order valence-electron chi connectivity index (χ2n) is 5.97. The van der Waals surface area contributed by atoms with E-state index in [1.54, 1.807) is 0 Å². The first-order chi connectivity index (χ1) is 11.7. The lowest BCUT2D eigenvalue weighted by Crippen LogP contribution is -1.93. The van der Waals surface area contributed by atoms with Gasteiger partial charge in [-0.2, -0.15) is 0 Å². The third-order valence-corrected chi connectivity index (χ3v) is 4.34. The smallest absolute Gasteiger partial charge is 0.00266 e. The highest BCUT2D eigenvalue weighted by Crippen LogP contribution is 2.39. The fourth-order valence-corrected chi connectivity index (χ4v) is 3.35. The zero-order valence-electron chi connectivity index (χ0n) is 14.3. The van der Waals surface area contributed by atoms with E-state index in [1.807, 2.05) is 19.1 Å². The van der Waals surface area contributed by atoms with Gasteiger partial charge in [-0.15, -0.1) is 0 Å². The van der Waals surface area contributed by atoms with E-state index in [0.717, 1.165) is 11.1 Å². The Morgan fingerprint density at radius 1 is 0.833 bits per heavy atom. The molecule has 0 amide bonds. The lowest BCUT2D eigenvalue weighted by atomic mass is 9.86. The zero-order valence-corrected chi connectivity index (χ0v) is 14.3. The van der Waals surface area contributed by atoms with Crippen molar-refractivity contribution in [3.8, 4) is 0 Å². The van der Waals surface area contributed by atoms with Crippen molar-refractivity contribution in [1.82, 2.24) is 0 Å². The molecule has 0 N–H and O–H groups in total. The van der Waals surface area contributed by atoms with E-state index < -0.39 is 0 Å². The summed E-state index contributed by atoms with van der Waals surface area (Å²) in [6, 6.07) is 17.1. The fourth-order valence-electron chi connectivity index (χ4n) is 3.35. The van der Waals surface area contributed by atoms with Crippen LogP contribution >= 0.6 is 0 Å². The molecule has 0 bridgehead atoms. The highest BCUT2D eigenvalue weighted by atomic mass is 14.2. The predicted molar refractivity (Wildman–Crippen MR) is 109 cm³/mol.